The second-order valence-corrected chi connectivity index (χ2v) is 9.45. The van der Waals surface area contributed by atoms with Crippen LogP contribution in [0.15, 0.2) is 83.2 Å². The van der Waals surface area contributed by atoms with Gasteiger partial charge in [-0.05, 0) is 36.8 Å². The maximum atomic E-state index is 13.2. The maximum Gasteiger partial charge on any atom is 0.239 e. The molecule has 0 aliphatic carbocycles. The van der Waals surface area contributed by atoms with E-state index in [2.05, 4.69) is 10.3 Å². The number of benzene rings is 2. The monoisotopic (exact) mass is 456 g/mol. The van der Waals surface area contributed by atoms with Gasteiger partial charge < -0.3 is 14.5 Å². The summed E-state index contributed by atoms with van der Waals surface area (Å²) in [5.41, 5.74) is 0.684. The van der Waals surface area contributed by atoms with E-state index in [1.165, 1.54) is 18.3 Å². The standard InChI is InChI=1S/C22H21ClN4O3S/c23-17-6-8-18(9-7-17)31(29,30)21-14-27(20-5-2-1-4-19(20)21)15-22(28)25-10-3-12-26-13-11-24-16-26/h1-2,4-9,11,13-14,16H,3,10,12,15H2,(H,25,28). The first-order valence-electron chi connectivity index (χ1n) is 9.76. The molecule has 31 heavy (non-hydrogen) atoms. The van der Waals surface area contributed by atoms with E-state index < -0.39 is 9.84 Å². The van der Waals surface area contributed by atoms with E-state index in [0.717, 1.165) is 13.0 Å². The molecule has 0 aliphatic rings. The molecular formula is C22H21ClN4O3S. The number of fused-ring (bicyclic) bond motifs is 1. The number of nitrogens with one attached hydrogen (secondary N) is 1. The van der Waals surface area contributed by atoms with Crippen molar-refractivity contribution in [3.05, 3.63) is 78.5 Å². The fraction of sp³-hybridized carbons (Fsp3) is 0.182. The minimum atomic E-state index is -3.76. The first-order chi connectivity index (χ1) is 14.9. The topological polar surface area (TPSA) is 86.0 Å². The second-order valence-electron chi connectivity index (χ2n) is 7.10. The third-order valence-corrected chi connectivity index (χ3v) is 7.00. The van der Waals surface area contributed by atoms with Crippen molar-refractivity contribution in [3.8, 4) is 0 Å². The molecule has 0 spiro atoms. The number of hydrogen-bond donors (Lipinski definition) is 1. The van der Waals surface area contributed by atoms with Crippen molar-refractivity contribution in [1.29, 1.82) is 0 Å². The molecule has 7 nitrogen and oxygen atoms in total. The Morgan fingerprint density at radius 3 is 2.61 bits per heavy atom. The number of para-hydroxylation sites is 1. The SMILES string of the molecule is O=C(Cn1cc(S(=O)(=O)c2ccc(Cl)cc2)c2ccccc21)NCCCn1ccnc1. The number of imidazole rings is 1. The molecule has 9 heteroatoms. The van der Waals surface area contributed by atoms with Crippen LogP contribution in [-0.2, 0) is 27.7 Å². The molecule has 0 fully saturated rings. The molecule has 1 N–H and O–H groups in total. The fourth-order valence-electron chi connectivity index (χ4n) is 3.42. The van der Waals surface area contributed by atoms with E-state index in [4.69, 9.17) is 11.6 Å². The highest BCUT2D eigenvalue weighted by atomic mass is 35.5. The van der Waals surface area contributed by atoms with Gasteiger partial charge >= 0.3 is 0 Å². The summed E-state index contributed by atoms with van der Waals surface area (Å²) < 4.78 is 30.0. The summed E-state index contributed by atoms with van der Waals surface area (Å²) in [7, 11) is -3.76. The zero-order valence-corrected chi connectivity index (χ0v) is 18.2. The number of halogens is 1. The summed E-state index contributed by atoms with van der Waals surface area (Å²) in [5, 5.41) is 3.92. The maximum absolute atomic E-state index is 13.2. The molecule has 2 heterocycles. The number of carbonyl (C=O) groups excluding carboxylic acids is 1. The Morgan fingerprint density at radius 1 is 1.10 bits per heavy atom. The Kier molecular flexibility index (Phi) is 6.11. The smallest absolute Gasteiger partial charge is 0.239 e. The summed E-state index contributed by atoms with van der Waals surface area (Å²) in [4.78, 5) is 16.8. The molecule has 4 rings (SSSR count). The van der Waals surface area contributed by atoms with Crippen LogP contribution in [0.3, 0.4) is 0 Å². The molecule has 0 atom stereocenters. The van der Waals surface area contributed by atoms with Crippen LogP contribution in [0, 0.1) is 0 Å². The molecule has 0 aliphatic heterocycles. The highest BCUT2D eigenvalue weighted by Gasteiger charge is 2.23. The van der Waals surface area contributed by atoms with E-state index in [0.29, 0.717) is 22.5 Å². The average Bonchev–Trinajstić information content (AvgIpc) is 3.40. The van der Waals surface area contributed by atoms with Crippen molar-refractivity contribution in [2.45, 2.75) is 29.3 Å². The lowest BCUT2D eigenvalue weighted by atomic mass is 10.2. The van der Waals surface area contributed by atoms with E-state index in [9.17, 15) is 13.2 Å². The molecule has 0 saturated heterocycles. The average molecular weight is 457 g/mol. The van der Waals surface area contributed by atoms with E-state index in [-0.39, 0.29) is 22.2 Å². The van der Waals surface area contributed by atoms with Crippen LogP contribution in [0.1, 0.15) is 6.42 Å². The van der Waals surface area contributed by atoms with Crippen molar-refractivity contribution in [2.75, 3.05) is 6.54 Å². The van der Waals surface area contributed by atoms with Gasteiger partial charge in [-0.3, -0.25) is 4.79 Å². The summed E-state index contributed by atoms with van der Waals surface area (Å²) in [6.45, 7) is 1.31. The number of rotatable bonds is 8. The third-order valence-electron chi connectivity index (χ3n) is 4.95. The first-order valence-corrected chi connectivity index (χ1v) is 11.6. The zero-order chi connectivity index (χ0) is 21.8. The Balaban J connectivity index is 1.52. The summed E-state index contributed by atoms with van der Waals surface area (Å²) >= 11 is 5.90. The number of amides is 1. The predicted molar refractivity (Wildman–Crippen MR) is 119 cm³/mol. The lowest BCUT2D eigenvalue weighted by Gasteiger charge is -2.07. The third kappa shape index (κ3) is 4.65. The lowest BCUT2D eigenvalue weighted by Crippen LogP contribution is -2.28. The van der Waals surface area contributed by atoms with Crippen molar-refractivity contribution >= 4 is 38.2 Å². The van der Waals surface area contributed by atoms with Crippen molar-refractivity contribution < 1.29 is 13.2 Å². The fourth-order valence-corrected chi connectivity index (χ4v) is 5.02. The van der Waals surface area contributed by atoms with Gasteiger partial charge in [0.05, 0.1) is 16.1 Å². The van der Waals surface area contributed by atoms with Gasteiger partial charge in [0.25, 0.3) is 0 Å². The van der Waals surface area contributed by atoms with Crippen LogP contribution >= 0.6 is 11.6 Å². The second kappa shape index (κ2) is 8.95. The zero-order valence-electron chi connectivity index (χ0n) is 16.6. The Morgan fingerprint density at radius 2 is 1.87 bits per heavy atom. The summed E-state index contributed by atoms with van der Waals surface area (Å²) in [6, 6.07) is 13.2. The molecule has 1 amide bonds. The molecule has 0 saturated carbocycles. The molecule has 2 aromatic carbocycles. The number of nitrogens with zero attached hydrogens (tertiary/aromatic N) is 3. The van der Waals surface area contributed by atoms with Gasteiger partial charge in [0.15, 0.2) is 0 Å². The van der Waals surface area contributed by atoms with Gasteiger partial charge in [0.1, 0.15) is 6.54 Å². The quantitative estimate of drug-likeness (QED) is 0.411. The van der Waals surface area contributed by atoms with Crippen molar-refractivity contribution in [3.63, 3.8) is 0 Å². The predicted octanol–water partition coefficient (Wildman–Crippen LogP) is 3.53. The normalized spacial score (nSPS) is 11.6. The number of aromatic nitrogens is 3. The number of sulfone groups is 1. The van der Waals surface area contributed by atoms with Gasteiger partial charge in [0.2, 0.25) is 15.7 Å². The minimum absolute atomic E-state index is 0.0295. The van der Waals surface area contributed by atoms with Crippen LogP contribution in [0.5, 0.6) is 0 Å². The molecule has 0 unspecified atom stereocenters. The van der Waals surface area contributed by atoms with Gasteiger partial charge in [-0.15, -0.1) is 0 Å². The van der Waals surface area contributed by atoms with E-state index in [1.54, 1.807) is 41.4 Å². The van der Waals surface area contributed by atoms with Gasteiger partial charge in [-0.2, -0.15) is 0 Å². The van der Waals surface area contributed by atoms with Crippen LogP contribution < -0.4 is 5.32 Å². The highest BCUT2D eigenvalue weighted by Crippen LogP contribution is 2.30. The van der Waals surface area contributed by atoms with Crippen molar-refractivity contribution in [2.24, 2.45) is 0 Å². The Bertz CT molecular complexity index is 1300. The highest BCUT2D eigenvalue weighted by molar-refractivity contribution is 7.91. The summed E-state index contributed by atoms with van der Waals surface area (Å²) in [5.74, 6) is -0.179. The number of carbonyl (C=O) groups is 1. The van der Waals surface area contributed by atoms with E-state index in [1.807, 2.05) is 22.9 Å². The summed E-state index contributed by atoms with van der Waals surface area (Å²) in [6.07, 6.45) is 7.61. The van der Waals surface area contributed by atoms with Crippen LogP contribution in [0.4, 0.5) is 0 Å². The largest absolute Gasteiger partial charge is 0.354 e. The van der Waals surface area contributed by atoms with Gasteiger partial charge in [-0.1, -0.05) is 29.8 Å². The lowest BCUT2D eigenvalue weighted by molar-refractivity contribution is -0.121. The molecule has 4 aromatic rings. The van der Waals surface area contributed by atoms with Crippen molar-refractivity contribution in [1.82, 2.24) is 19.4 Å². The molecule has 2 aromatic heterocycles. The molecular weight excluding hydrogens is 436 g/mol. The van der Waals surface area contributed by atoms with Gasteiger partial charge in [0, 0.05) is 47.6 Å². The molecule has 0 radical (unpaired) electrons. The number of hydrogen-bond acceptors (Lipinski definition) is 4. The number of aryl methyl sites for hydroxylation is 1. The molecule has 160 valence electrons. The van der Waals surface area contributed by atoms with Gasteiger partial charge in [-0.25, -0.2) is 13.4 Å². The van der Waals surface area contributed by atoms with Crippen LogP contribution in [-0.4, -0.2) is 35.0 Å². The Hall–Kier alpha value is -3.10. The van der Waals surface area contributed by atoms with Crippen LogP contribution in [0.2, 0.25) is 5.02 Å². The van der Waals surface area contributed by atoms with E-state index >= 15 is 0 Å². The molecule has 0 bridgehead atoms. The first kappa shape index (κ1) is 21.1. The van der Waals surface area contributed by atoms with Crippen LogP contribution in [0.25, 0.3) is 10.9 Å². The minimum Gasteiger partial charge on any atom is -0.354 e. The Labute approximate surface area is 185 Å².